The Hall–Kier alpha value is -1.98. The molecule has 1 amide bonds. The van der Waals surface area contributed by atoms with Crippen LogP contribution in [-0.2, 0) is 24.6 Å². The lowest BCUT2D eigenvalue weighted by atomic mass is 10.1. The normalized spacial score (nSPS) is 15.7. The fourth-order valence-electron chi connectivity index (χ4n) is 2.93. The Balaban J connectivity index is 1.92. The van der Waals surface area contributed by atoms with Crippen molar-refractivity contribution in [1.29, 1.82) is 0 Å². The number of carbonyl (C=O) groups is 1. The summed E-state index contributed by atoms with van der Waals surface area (Å²) in [6.07, 6.45) is 1.03. The van der Waals surface area contributed by atoms with Crippen molar-refractivity contribution < 1.29 is 26.4 Å². The van der Waals surface area contributed by atoms with Gasteiger partial charge in [0.1, 0.15) is 0 Å². The molecule has 0 saturated carbocycles. The van der Waals surface area contributed by atoms with Crippen LogP contribution in [0.25, 0.3) is 0 Å². The SMILES string of the molecule is Cc1ccc(S(=O)(=O)N2CCOCC2)cc1NC(=O)c1cc(S(C)(=O)=O)ccc1Cl. The minimum absolute atomic E-state index is 0.0274. The number of benzene rings is 2. The van der Waals surface area contributed by atoms with Gasteiger partial charge in [0.2, 0.25) is 10.0 Å². The van der Waals surface area contributed by atoms with Crippen LogP contribution < -0.4 is 5.32 Å². The summed E-state index contributed by atoms with van der Waals surface area (Å²) >= 11 is 6.08. The highest BCUT2D eigenvalue weighted by Crippen LogP contribution is 2.26. The molecule has 8 nitrogen and oxygen atoms in total. The molecular formula is C19H21ClN2O6S2. The summed E-state index contributed by atoms with van der Waals surface area (Å²) in [5.41, 5.74) is 0.898. The fourth-order valence-corrected chi connectivity index (χ4v) is 5.22. The standard InChI is InChI=1S/C19H21ClN2O6S2/c1-13-3-4-15(30(26,27)22-7-9-28-10-8-22)12-18(13)21-19(23)16-11-14(29(2,24)25)5-6-17(16)20/h3-6,11-12H,7-10H2,1-2H3,(H,21,23). The molecule has 162 valence electrons. The molecule has 1 aliphatic rings. The molecule has 2 aromatic rings. The molecule has 1 aliphatic heterocycles. The van der Waals surface area contributed by atoms with Crippen LogP contribution in [0.15, 0.2) is 46.2 Å². The van der Waals surface area contributed by atoms with Gasteiger partial charge >= 0.3 is 0 Å². The number of sulfonamides is 1. The van der Waals surface area contributed by atoms with Crippen molar-refractivity contribution in [1.82, 2.24) is 4.31 Å². The van der Waals surface area contributed by atoms with E-state index in [-0.39, 0.29) is 39.2 Å². The third kappa shape index (κ3) is 4.84. The second-order valence-electron chi connectivity index (χ2n) is 6.86. The number of nitrogens with zero attached hydrogens (tertiary/aromatic N) is 1. The Morgan fingerprint density at radius 2 is 1.67 bits per heavy atom. The molecule has 1 saturated heterocycles. The molecule has 0 bridgehead atoms. The van der Waals surface area contributed by atoms with Crippen LogP contribution >= 0.6 is 11.6 Å². The largest absolute Gasteiger partial charge is 0.379 e. The third-order valence-corrected chi connectivity index (χ3v) is 8.01. The maximum atomic E-state index is 12.9. The molecule has 0 radical (unpaired) electrons. The highest BCUT2D eigenvalue weighted by Gasteiger charge is 2.27. The smallest absolute Gasteiger partial charge is 0.257 e. The van der Waals surface area contributed by atoms with Crippen molar-refractivity contribution in [2.75, 3.05) is 37.9 Å². The Morgan fingerprint density at radius 1 is 1.03 bits per heavy atom. The number of rotatable bonds is 5. The lowest BCUT2D eigenvalue weighted by Gasteiger charge is -2.26. The van der Waals surface area contributed by atoms with Crippen molar-refractivity contribution in [3.05, 3.63) is 52.5 Å². The van der Waals surface area contributed by atoms with Gasteiger partial charge in [0.05, 0.1) is 33.6 Å². The minimum atomic E-state index is -3.74. The van der Waals surface area contributed by atoms with E-state index in [2.05, 4.69) is 5.32 Å². The number of hydrogen-bond donors (Lipinski definition) is 1. The van der Waals surface area contributed by atoms with Gasteiger partial charge in [0, 0.05) is 25.0 Å². The minimum Gasteiger partial charge on any atom is -0.379 e. The number of halogens is 1. The quantitative estimate of drug-likeness (QED) is 0.715. The molecule has 1 N–H and O–H groups in total. The predicted octanol–water partition coefficient (Wildman–Crippen LogP) is 2.33. The maximum absolute atomic E-state index is 12.9. The average molecular weight is 473 g/mol. The summed E-state index contributed by atoms with van der Waals surface area (Å²) in [6, 6.07) is 8.29. The second-order valence-corrected chi connectivity index (χ2v) is 11.2. The van der Waals surface area contributed by atoms with Gasteiger partial charge in [-0.3, -0.25) is 4.79 Å². The lowest BCUT2D eigenvalue weighted by molar-refractivity contribution is 0.0730. The molecule has 1 heterocycles. The molecule has 0 atom stereocenters. The Kier molecular flexibility index (Phi) is 6.54. The fraction of sp³-hybridized carbons (Fsp3) is 0.316. The Bertz CT molecular complexity index is 1190. The van der Waals surface area contributed by atoms with Gasteiger partial charge in [0.25, 0.3) is 5.91 Å². The van der Waals surface area contributed by atoms with Crippen LogP contribution in [0.2, 0.25) is 5.02 Å². The van der Waals surface area contributed by atoms with Gasteiger partial charge in [-0.25, -0.2) is 16.8 Å². The summed E-state index contributed by atoms with van der Waals surface area (Å²) in [4.78, 5) is 12.8. The number of morpholine rings is 1. The van der Waals surface area contributed by atoms with E-state index in [1.54, 1.807) is 13.0 Å². The van der Waals surface area contributed by atoms with Crippen molar-refractivity contribution in [3.63, 3.8) is 0 Å². The summed E-state index contributed by atoms with van der Waals surface area (Å²) in [5, 5.41) is 2.71. The number of nitrogens with one attached hydrogen (secondary N) is 1. The van der Waals surface area contributed by atoms with Gasteiger partial charge in [0.15, 0.2) is 9.84 Å². The van der Waals surface area contributed by atoms with E-state index in [1.807, 2.05) is 0 Å². The average Bonchev–Trinajstić information content (AvgIpc) is 2.69. The van der Waals surface area contributed by atoms with Crippen LogP contribution in [0.3, 0.4) is 0 Å². The van der Waals surface area contributed by atoms with Gasteiger partial charge in [-0.15, -0.1) is 0 Å². The number of carbonyl (C=O) groups excluding carboxylic acids is 1. The molecule has 0 aromatic heterocycles. The van der Waals surface area contributed by atoms with E-state index in [1.165, 1.54) is 34.6 Å². The summed E-state index contributed by atoms with van der Waals surface area (Å²) in [5.74, 6) is -0.644. The molecule has 0 spiro atoms. The van der Waals surface area contributed by atoms with Gasteiger partial charge in [-0.05, 0) is 42.8 Å². The molecular weight excluding hydrogens is 452 g/mol. The van der Waals surface area contributed by atoms with Crippen molar-refractivity contribution >= 4 is 43.1 Å². The lowest BCUT2D eigenvalue weighted by Crippen LogP contribution is -2.40. The first kappa shape index (κ1) is 22.7. The van der Waals surface area contributed by atoms with E-state index in [0.29, 0.717) is 18.8 Å². The maximum Gasteiger partial charge on any atom is 0.257 e. The first-order chi connectivity index (χ1) is 14.0. The predicted molar refractivity (Wildman–Crippen MR) is 113 cm³/mol. The molecule has 11 heteroatoms. The van der Waals surface area contributed by atoms with Crippen LogP contribution in [0.1, 0.15) is 15.9 Å². The molecule has 30 heavy (non-hydrogen) atoms. The van der Waals surface area contributed by atoms with Crippen LogP contribution in [-0.4, -0.2) is 59.6 Å². The summed E-state index contributed by atoms with van der Waals surface area (Å²) in [6.45, 7) is 2.88. The van der Waals surface area contributed by atoms with Crippen molar-refractivity contribution in [3.8, 4) is 0 Å². The first-order valence-electron chi connectivity index (χ1n) is 8.99. The zero-order chi connectivity index (χ0) is 22.1. The summed E-state index contributed by atoms with van der Waals surface area (Å²) < 4.78 is 55.9. The first-order valence-corrected chi connectivity index (χ1v) is 12.7. The monoisotopic (exact) mass is 472 g/mol. The zero-order valence-electron chi connectivity index (χ0n) is 16.4. The Labute approximate surface area is 180 Å². The Morgan fingerprint density at radius 3 is 2.30 bits per heavy atom. The molecule has 0 unspecified atom stereocenters. The number of ether oxygens (including phenoxy) is 1. The number of amides is 1. The van der Waals surface area contributed by atoms with E-state index >= 15 is 0 Å². The summed E-state index contributed by atoms with van der Waals surface area (Å²) in [7, 11) is -7.27. The van der Waals surface area contributed by atoms with Crippen LogP contribution in [0.5, 0.6) is 0 Å². The van der Waals surface area contributed by atoms with Gasteiger partial charge < -0.3 is 10.1 Å². The zero-order valence-corrected chi connectivity index (χ0v) is 18.8. The molecule has 2 aromatic carbocycles. The molecule has 3 rings (SSSR count). The van der Waals surface area contributed by atoms with E-state index in [9.17, 15) is 21.6 Å². The van der Waals surface area contributed by atoms with E-state index in [0.717, 1.165) is 6.26 Å². The van der Waals surface area contributed by atoms with Crippen LogP contribution in [0.4, 0.5) is 5.69 Å². The highest BCUT2D eigenvalue weighted by molar-refractivity contribution is 7.90. The van der Waals surface area contributed by atoms with Crippen molar-refractivity contribution in [2.24, 2.45) is 0 Å². The number of hydrogen-bond acceptors (Lipinski definition) is 6. The van der Waals surface area contributed by atoms with Gasteiger partial charge in [-0.1, -0.05) is 17.7 Å². The second kappa shape index (κ2) is 8.64. The molecule has 1 fully saturated rings. The topological polar surface area (TPSA) is 110 Å². The highest BCUT2D eigenvalue weighted by atomic mass is 35.5. The van der Waals surface area contributed by atoms with Crippen molar-refractivity contribution in [2.45, 2.75) is 16.7 Å². The number of aryl methyl sites for hydroxylation is 1. The number of sulfone groups is 1. The molecule has 0 aliphatic carbocycles. The van der Waals surface area contributed by atoms with Gasteiger partial charge in [-0.2, -0.15) is 4.31 Å². The van der Waals surface area contributed by atoms with E-state index < -0.39 is 25.8 Å². The number of anilines is 1. The third-order valence-electron chi connectivity index (χ3n) is 4.68. The van der Waals surface area contributed by atoms with Crippen LogP contribution in [0, 0.1) is 6.92 Å². The van der Waals surface area contributed by atoms with E-state index in [4.69, 9.17) is 16.3 Å².